The van der Waals surface area contributed by atoms with Crippen LogP contribution in [0.25, 0.3) is 0 Å². The minimum Gasteiger partial charge on any atom is -0.344 e. The number of carbonyl (C=O) groups excluding carboxylic acids is 1. The summed E-state index contributed by atoms with van der Waals surface area (Å²) in [5, 5.41) is 7.42. The maximum atomic E-state index is 12.9. The number of benzene rings is 1. The monoisotopic (exact) mass is 373 g/mol. The van der Waals surface area contributed by atoms with Gasteiger partial charge in [-0.25, -0.2) is 0 Å². The van der Waals surface area contributed by atoms with Gasteiger partial charge in [-0.15, -0.1) is 0 Å². The summed E-state index contributed by atoms with van der Waals surface area (Å²) in [5.74, 6) is 0.766. The molecule has 3 heterocycles. The molecule has 142 valence electrons. The van der Waals surface area contributed by atoms with Crippen LogP contribution in [-0.2, 0) is 13.6 Å². The number of fused-ring (bicyclic) bond motifs is 3. The number of nitrogens with zero attached hydrogens (tertiary/aromatic N) is 4. The van der Waals surface area contributed by atoms with Crippen LogP contribution in [-0.4, -0.2) is 38.7 Å². The van der Waals surface area contributed by atoms with Crippen molar-refractivity contribution in [3.8, 4) is 0 Å². The van der Waals surface area contributed by atoms with E-state index in [9.17, 15) is 4.79 Å². The molecule has 1 aliphatic carbocycles. The van der Waals surface area contributed by atoms with Crippen LogP contribution in [0.1, 0.15) is 39.1 Å². The van der Waals surface area contributed by atoms with Gasteiger partial charge in [0, 0.05) is 57.1 Å². The molecule has 1 aromatic carbocycles. The predicted octanol–water partition coefficient (Wildman–Crippen LogP) is 2.52. The zero-order valence-corrected chi connectivity index (χ0v) is 15.8. The van der Waals surface area contributed by atoms with Crippen LogP contribution in [0.15, 0.2) is 61.1 Å². The lowest BCUT2D eigenvalue weighted by molar-refractivity contribution is 0.0914. The molecule has 0 saturated carbocycles. The third-order valence-electron chi connectivity index (χ3n) is 6.07. The Morgan fingerprint density at radius 2 is 1.96 bits per heavy atom. The third kappa shape index (κ3) is 2.90. The molecule has 1 amide bonds. The number of aromatic nitrogens is 3. The van der Waals surface area contributed by atoms with Crippen LogP contribution in [0.5, 0.6) is 0 Å². The third-order valence-corrected chi connectivity index (χ3v) is 6.07. The average molecular weight is 373 g/mol. The molecule has 6 nitrogen and oxygen atoms in total. The number of aryl methyl sites for hydroxylation is 1. The van der Waals surface area contributed by atoms with Gasteiger partial charge in [0.05, 0.1) is 6.04 Å². The molecular formula is C22H23N5O. The highest BCUT2D eigenvalue weighted by atomic mass is 16.2. The van der Waals surface area contributed by atoms with Gasteiger partial charge in [0.2, 0.25) is 0 Å². The lowest BCUT2D eigenvalue weighted by Crippen LogP contribution is -2.34. The Labute approximate surface area is 164 Å². The highest BCUT2D eigenvalue weighted by Gasteiger charge is 2.46. The van der Waals surface area contributed by atoms with Crippen LogP contribution < -0.4 is 5.32 Å². The van der Waals surface area contributed by atoms with E-state index >= 15 is 0 Å². The highest BCUT2D eigenvalue weighted by molar-refractivity contribution is 5.92. The van der Waals surface area contributed by atoms with Crippen molar-refractivity contribution in [3.63, 3.8) is 0 Å². The Hall–Kier alpha value is -2.99. The minimum atomic E-state index is -0.0637. The smallest absolute Gasteiger partial charge is 0.270 e. The van der Waals surface area contributed by atoms with Gasteiger partial charge in [-0.05, 0) is 28.8 Å². The second-order valence-electron chi connectivity index (χ2n) is 7.75. The summed E-state index contributed by atoms with van der Waals surface area (Å²) in [5.41, 5.74) is 4.45. The van der Waals surface area contributed by atoms with E-state index in [-0.39, 0.29) is 11.9 Å². The molecule has 3 aromatic rings. The first-order valence-corrected chi connectivity index (χ1v) is 9.69. The SMILES string of the molecule is Cn1nccc1C(=O)N[C@@H]1c2ccccc2[C@@H]2CN(Cc3cccnc3)C[C@H]12. The topological polar surface area (TPSA) is 63.1 Å². The fraction of sp³-hybridized carbons (Fsp3) is 0.318. The van der Waals surface area contributed by atoms with E-state index in [4.69, 9.17) is 0 Å². The lowest BCUT2D eigenvalue weighted by atomic mass is 9.94. The van der Waals surface area contributed by atoms with E-state index in [1.54, 1.807) is 24.0 Å². The summed E-state index contributed by atoms with van der Waals surface area (Å²) in [6, 6.07) is 14.4. The summed E-state index contributed by atoms with van der Waals surface area (Å²) < 4.78 is 1.62. The Balaban J connectivity index is 1.40. The van der Waals surface area contributed by atoms with E-state index in [0.29, 0.717) is 17.5 Å². The minimum absolute atomic E-state index is 0.0301. The number of likely N-dealkylation sites (tertiary alicyclic amines) is 1. The molecule has 0 radical (unpaired) electrons. The first-order valence-electron chi connectivity index (χ1n) is 9.69. The van der Waals surface area contributed by atoms with E-state index in [2.05, 4.69) is 50.6 Å². The van der Waals surface area contributed by atoms with Crippen molar-refractivity contribution < 1.29 is 4.79 Å². The Kier molecular flexibility index (Phi) is 4.20. The zero-order valence-electron chi connectivity index (χ0n) is 15.8. The van der Waals surface area contributed by atoms with Crippen molar-refractivity contribution >= 4 is 5.91 Å². The van der Waals surface area contributed by atoms with Gasteiger partial charge < -0.3 is 5.32 Å². The van der Waals surface area contributed by atoms with Crippen molar-refractivity contribution in [2.24, 2.45) is 13.0 Å². The molecule has 2 aliphatic rings. The normalized spacial score (nSPS) is 23.4. The van der Waals surface area contributed by atoms with Crippen LogP contribution in [0, 0.1) is 5.92 Å². The van der Waals surface area contributed by atoms with E-state index in [1.165, 1.54) is 16.7 Å². The van der Waals surface area contributed by atoms with E-state index in [1.807, 2.05) is 18.5 Å². The Morgan fingerprint density at radius 1 is 1.11 bits per heavy atom. The molecule has 6 heteroatoms. The second kappa shape index (κ2) is 6.87. The van der Waals surface area contributed by atoms with E-state index < -0.39 is 0 Å². The van der Waals surface area contributed by atoms with Crippen molar-refractivity contribution in [1.29, 1.82) is 0 Å². The van der Waals surface area contributed by atoms with Crippen LogP contribution in [0.3, 0.4) is 0 Å². The van der Waals surface area contributed by atoms with Crippen molar-refractivity contribution in [3.05, 3.63) is 83.4 Å². The molecule has 1 saturated heterocycles. The lowest BCUT2D eigenvalue weighted by Gasteiger charge is -2.23. The van der Waals surface area contributed by atoms with Gasteiger partial charge in [0.1, 0.15) is 5.69 Å². The Bertz CT molecular complexity index is 999. The first kappa shape index (κ1) is 17.1. The van der Waals surface area contributed by atoms with Crippen LogP contribution in [0.4, 0.5) is 0 Å². The number of carbonyl (C=O) groups is 1. The molecule has 5 rings (SSSR count). The quantitative estimate of drug-likeness (QED) is 0.763. The van der Waals surface area contributed by atoms with Crippen molar-refractivity contribution in [1.82, 2.24) is 25.0 Å². The molecule has 0 unspecified atom stereocenters. The molecular weight excluding hydrogens is 350 g/mol. The summed E-state index contributed by atoms with van der Waals surface area (Å²) >= 11 is 0. The van der Waals surface area contributed by atoms with E-state index in [0.717, 1.165) is 19.6 Å². The van der Waals surface area contributed by atoms with Crippen LogP contribution >= 0.6 is 0 Å². The summed E-state index contributed by atoms with van der Waals surface area (Å²) in [7, 11) is 1.80. The average Bonchev–Trinajstić information content (AvgIpc) is 3.39. The molecule has 1 aliphatic heterocycles. The zero-order chi connectivity index (χ0) is 19.1. The van der Waals surface area contributed by atoms with Gasteiger partial charge in [0.25, 0.3) is 5.91 Å². The molecule has 1 N–H and O–H groups in total. The fourth-order valence-electron chi connectivity index (χ4n) is 4.82. The van der Waals surface area contributed by atoms with Crippen molar-refractivity contribution in [2.45, 2.75) is 18.5 Å². The standard InChI is InChI=1S/C22H23N5O/c1-26-20(8-10-24-26)22(28)25-21-17-7-3-2-6-16(17)18-13-27(14-19(18)21)12-15-5-4-9-23-11-15/h2-11,18-19,21H,12-14H2,1H3,(H,25,28)/t18-,19-,21+/m0/s1. The van der Waals surface area contributed by atoms with Crippen molar-refractivity contribution in [2.75, 3.05) is 13.1 Å². The predicted molar refractivity (Wildman–Crippen MR) is 106 cm³/mol. The molecule has 28 heavy (non-hydrogen) atoms. The molecule has 3 atom stereocenters. The second-order valence-corrected chi connectivity index (χ2v) is 7.75. The van der Waals surface area contributed by atoms with Gasteiger partial charge in [0.15, 0.2) is 0 Å². The summed E-state index contributed by atoms with van der Waals surface area (Å²) in [4.78, 5) is 19.6. The highest BCUT2D eigenvalue weighted by Crippen LogP contribution is 2.49. The number of pyridine rings is 1. The molecule has 1 fully saturated rings. The molecule has 0 spiro atoms. The maximum Gasteiger partial charge on any atom is 0.270 e. The Morgan fingerprint density at radius 3 is 2.71 bits per heavy atom. The largest absolute Gasteiger partial charge is 0.344 e. The molecule has 0 bridgehead atoms. The van der Waals surface area contributed by atoms with Crippen LogP contribution in [0.2, 0.25) is 0 Å². The number of hydrogen-bond acceptors (Lipinski definition) is 4. The molecule has 2 aromatic heterocycles. The number of rotatable bonds is 4. The summed E-state index contributed by atoms with van der Waals surface area (Å²) in [6.45, 7) is 2.87. The van der Waals surface area contributed by atoms with Gasteiger partial charge in [-0.2, -0.15) is 5.10 Å². The first-order chi connectivity index (χ1) is 13.7. The summed E-state index contributed by atoms with van der Waals surface area (Å²) in [6.07, 6.45) is 5.40. The number of hydrogen-bond donors (Lipinski definition) is 1. The van der Waals surface area contributed by atoms with Gasteiger partial charge in [-0.3, -0.25) is 19.4 Å². The maximum absolute atomic E-state index is 12.9. The van der Waals surface area contributed by atoms with Gasteiger partial charge in [-0.1, -0.05) is 30.3 Å². The van der Waals surface area contributed by atoms with Gasteiger partial charge >= 0.3 is 0 Å². The number of amides is 1. The number of nitrogens with one attached hydrogen (secondary N) is 1. The fourth-order valence-corrected chi connectivity index (χ4v) is 4.82.